The fourth-order valence-corrected chi connectivity index (χ4v) is 6.11. The zero-order chi connectivity index (χ0) is 27.4. The fraction of sp³-hybridized carbons (Fsp3) is 0.714. The molecule has 0 aromatic heterocycles. The average Bonchev–Trinajstić information content (AvgIpc) is 2.70. The van der Waals surface area contributed by atoms with Crippen LogP contribution in [0.15, 0.2) is 12.1 Å². The molecule has 36 heavy (non-hydrogen) atoms. The van der Waals surface area contributed by atoms with Crippen LogP contribution in [0.4, 0.5) is 0 Å². The van der Waals surface area contributed by atoms with E-state index in [9.17, 15) is 20.0 Å². The number of benzene rings is 1. The van der Waals surface area contributed by atoms with Crippen molar-refractivity contribution < 1.29 is 29.5 Å². The average molecular weight is 505 g/mol. The number of ether oxygens (including phenoxy) is 2. The van der Waals surface area contributed by atoms with E-state index in [1.165, 1.54) is 10.1 Å². The second-order valence-electron chi connectivity index (χ2n) is 13.2. The molecule has 0 atom stereocenters. The number of nitrogens with zero attached hydrogens (tertiary/aromatic N) is 2. The van der Waals surface area contributed by atoms with E-state index < -0.39 is 46.3 Å². The van der Waals surface area contributed by atoms with Crippen LogP contribution in [0.1, 0.15) is 113 Å². The Hall–Kier alpha value is -2.00. The van der Waals surface area contributed by atoms with Crippen LogP contribution in [-0.4, -0.2) is 66.8 Å². The lowest BCUT2D eigenvalue weighted by Gasteiger charge is -2.51. The minimum atomic E-state index is -0.571. The van der Waals surface area contributed by atoms with Crippen molar-refractivity contribution in [1.82, 2.24) is 10.1 Å². The van der Waals surface area contributed by atoms with Gasteiger partial charge in [0.15, 0.2) is 0 Å². The molecule has 2 aliphatic heterocycles. The molecular weight excluding hydrogens is 460 g/mol. The van der Waals surface area contributed by atoms with Gasteiger partial charge in [-0.25, -0.2) is 9.59 Å². The second-order valence-corrected chi connectivity index (χ2v) is 13.2. The van der Waals surface area contributed by atoms with Gasteiger partial charge in [-0.1, -0.05) is 0 Å². The Kier molecular flexibility index (Phi) is 7.45. The number of hydrogen-bond acceptors (Lipinski definition) is 8. The maximum atomic E-state index is 13.4. The summed E-state index contributed by atoms with van der Waals surface area (Å²) in [4.78, 5) is 26.8. The summed E-state index contributed by atoms with van der Waals surface area (Å²) < 4.78 is 11.9. The summed E-state index contributed by atoms with van der Waals surface area (Å²) in [5.74, 6) is -1.14. The topological polar surface area (TPSA) is 99.5 Å². The highest BCUT2D eigenvalue weighted by molar-refractivity contribution is 6.03. The summed E-state index contributed by atoms with van der Waals surface area (Å²) in [5.41, 5.74) is -0.165. The first-order valence-electron chi connectivity index (χ1n) is 12.8. The summed E-state index contributed by atoms with van der Waals surface area (Å²) in [6.45, 7) is 19.1. The molecule has 202 valence electrons. The molecule has 0 spiro atoms. The molecule has 0 amide bonds. The molecule has 2 fully saturated rings. The smallest absolute Gasteiger partial charge is 0.339 e. The minimum Gasteiger partial charge on any atom is -0.459 e. The van der Waals surface area contributed by atoms with Crippen LogP contribution < -0.4 is 0 Å². The van der Waals surface area contributed by atoms with Gasteiger partial charge in [-0.3, -0.25) is 0 Å². The zero-order valence-electron chi connectivity index (χ0n) is 23.6. The summed E-state index contributed by atoms with van der Waals surface area (Å²) >= 11 is 0. The molecular formula is C28H44N2O6. The maximum absolute atomic E-state index is 13.4. The molecule has 2 aliphatic rings. The van der Waals surface area contributed by atoms with E-state index in [4.69, 9.17) is 9.47 Å². The lowest BCUT2D eigenvalue weighted by molar-refractivity contribution is -0.257. The third-order valence-electron chi connectivity index (χ3n) is 7.82. The molecule has 1 aromatic carbocycles. The lowest BCUT2D eigenvalue weighted by atomic mass is 9.80. The highest BCUT2D eigenvalue weighted by atomic mass is 16.6. The SMILES string of the molecule is Cc1cc(C(=O)OC2CC(C)(C)N(O)C(C)(C)C2)c(C(=O)OC2CC(C)(C)N(O)C(C)(C)C2)cc1C. The van der Waals surface area contributed by atoms with Crippen molar-refractivity contribution in [2.75, 3.05) is 0 Å². The van der Waals surface area contributed by atoms with Crippen LogP contribution >= 0.6 is 0 Å². The molecule has 3 rings (SSSR count). The molecule has 0 bridgehead atoms. The van der Waals surface area contributed by atoms with Crippen LogP contribution in [-0.2, 0) is 9.47 Å². The second kappa shape index (κ2) is 9.39. The predicted octanol–water partition coefficient (Wildman–Crippen LogP) is 5.44. The van der Waals surface area contributed by atoms with Crippen molar-refractivity contribution in [2.24, 2.45) is 0 Å². The number of carbonyl (C=O) groups excluding carboxylic acids is 2. The van der Waals surface area contributed by atoms with Crippen molar-refractivity contribution in [3.8, 4) is 0 Å². The summed E-state index contributed by atoms with van der Waals surface area (Å²) in [6.07, 6.45) is 1.04. The number of hydrogen-bond donors (Lipinski definition) is 2. The monoisotopic (exact) mass is 504 g/mol. The highest BCUT2D eigenvalue weighted by Gasteiger charge is 2.48. The van der Waals surface area contributed by atoms with Gasteiger partial charge in [-0.05, 0) is 92.5 Å². The van der Waals surface area contributed by atoms with Crippen molar-refractivity contribution in [3.63, 3.8) is 0 Å². The van der Waals surface area contributed by atoms with E-state index in [1.54, 1.807) is 12.1 Å². The van der Waals surface area contributed by atoms with Gasteiger partial charge in [0.25, 0.3) is 0 Å². The number of hydroxylamine groups is 4. The quantitative estimate of drug-likeness (QED) is 0.523. The van der Waals surface area contributed by atoms with Gasteiger partial charge < -0.3 is 19.9 Å². The third-order valence-corrected chi connectivity index (χ3v) is 7.82. The standard InChI is InChI=1S/C28H44N2O6/c1-17-11-21(23(31)35-19-13-25(3,4)29(33)26(5,6)14-19)22(12-18(17)2)24(32)36-20-15-27(7,8)30(34)28(9,10)16-20/h11-12,19-20,33-34H,13-16H2,1-10H3. The Bertz CT molecular complexity index is 912. The Labute approximate surface area is 215 Å². The van der Waals surface area contributed by atoms with Crippen LogP contribution in [0, 0.1) is 13.8 Å². The fourth-order valence-electron chi connectivity index (χ4n) is 6.11. The summed E-state index contributed by atoms with van der Waals surface area (Å²) in [5, 5.41) is 23.8. The molecule has 1 aromatic rings. The maximum Gasteiger partial charge on any atom is 0.339 e. The van der Waals surface area contributed by atoms with Gasteiger partial charge in [0.2, 0.25) is 0 Å². The van der Waals surface area contributed by atoms with E-state index in [0.29, 0.717) is 25.7 Å². The van der Waals surface area contributed by atoms with Gasteiger partial charge in [0, 0.05) is 47.8 Å². The molecule has 0 radical (unpaired) electrons. The van der Waals surface area contributed by atoms with E-state index in [1.807, 2.05) is 69.2 Å². The Morgan fingerprint density at radius 1 is 0.667 bits per heavy atom. The molecule has 0 unspecified atom stereocenters. The number of carbonyl (C=O) groups is 2. The molecule has 2 saturated heterocycles. The number of rotatable bonds is 4. The number of aryl methyl sites for hydroxylation is 2. The number of esters is 2. The first-order valence-corrected chi connectivity index (χ1v) is 12.8. The molecule has 0 aliphatic carbocycles. The summed E-state index contributed by atoms with van der Waals surface area (Å²) in [6, 6.07) is 3.38. The predicted molar refractivity (Wildman–Crippen MR) is 136 cm³/mol. The van der Waals surface area contributed by atoms with Gasteiger partial charge >= 0.3 is 11.9 Å². The van der Waals surface area contributed by atoms with Gasteiger partial charge in [-0.2, -0.15) is 10.1 Å². The molecule has 0 saturated carbocycles. The molecule has 8 nitrogen and oxygen atoms in total. The van der Waals surface area contributed by atoms with E-state index in [0.717, 1.165) is 11.1 Å². The van der Waals surface area contributed by atoms with E-state index in [2.05, 4.69) is 0 Å². The molecule has 8 heteroatoms. The zero-order valence-corrected chi connectivity index (χ0v) is 23.6. The van der Waals surface area contributed by atoms with Crippen LogP contribution in [0.3, 0.4) is 0 Å². The Balaban J connectivity index is 1.85. The van der Waals surface area contributed by atoms with Gasteiger partial charge in [0.05, 0.1) is 11.1 Å². The highest BCUT2D eigenvalue weighted by Crippen LogP contribution is 2.40. The normalized spacial score (nSPS) is 24.3. The number of piperidine rings is 2. The minimum absolute atomic E-state index is 0.184. The largest absolute Gasteiger partial charge is 0.459 e. The van der Waals surface area contributed by atoms with Crippen molar-refractivity contribution in [2.45, 2.75) is 129 Å². The Morgan fingerprint density at radius 3 is 1.17 bits per heavy atom. The Morgan fingerprint density at radius 2 is 0.917 bits per heavy atom. The molecule has 2 N–H and O–H groups in total. The van der Waals surface area contributed by atoms with Crippen molar-refractivity contribution >= 4 is 11.9 Å². The molecule has 2 heterocycles. The van der Waals surface area contributed by atoms with Crippen LogP contribution in [0.2, 0.25) is 0 Å². The van der Waals surface area contributed by atoms with Gasteiger partial charge in [-0.15, -0.1) is 0 Å². The van der Waals surface area contributed by atoms with Crippen LogP contribution in [0.5, 0.6) is 0 Å². The van der Waals surface area contributed by atoms with Crippen LogP contribution in [0.25, 0.3) is 0 Å². The summed E-state index contributed by atoms with van der Waals surface area (Å²) in [7, 11) is 0. The van der Waals surface area contributed by atoms with E-state index >= 15 is 0 Å². The van der Waals surface area contributed by atoms with Crippen molar-refractivity contribution in [3.05, 3.63) is 34.4 Å². The lowest BCUT2D eigenvalue weighted by Crippen LogP contribution is -2.60. The van der Waals surface area contributed by atoms with Gasteiger partial charge in [0.1, 0.15) is 12.2 Å². The first kappa shape index (κ1) is 28.6. The third kappa shape index (κ3) is 5.62. The van der Waals surface area contributed by atoms with E-state index in [-0.39, 0.29) is 11.1 Å². The van der Waals surface area contributed by atoms with Crippen molar-refractivity contribution in [1.29, 1.82) is 0 Å². The first-order chi connectivity index (χ1) is 16.3.